The van der Waals surface area contributed by atoms with Crippen molar-refractivity contribution < 1.29 is 28.3 Å². The third-order valence-electron chi connectivity index (χ3n) is 5.79. The maximum atomic E-state index is 12.9. The van der Waals surface area contributed by atoms with Gasteiger partial charge >= 0.3 is 17.7 Å². The van der Waals surface area contributed by atoms with E-state index in [-0.39, 0.29) is 31.7 Å². The van der Waals surface area contributed by atoms with Gasteiger partial charge in [0.15, 0.2) is 0 Å². The zero-order chi connectivity index (χ0) is 27.5. The first-order chi connectivity index (χ1) is 19.0. The van der Waals surface area contributed by atoms with Crippen LogP contribution in [0.4, 0.5) is 4.79 Å². The van der Waals surface area contributed by atoms with E-state index in [1.165, 1.54) is 12.1 Å². The molecule has 4 rings (SSSR count). The van der Waals surface area contributed by atoms with E-state index in [1.807, 2.05) is 60.7 Å². The third-order valence-corrected chi connectivity index (χ3v) is 5.79. The van der Waals surface area contributed by atoms with Gasteiger partial charge in [-0.05, 0) is 35.7 Å². The van der Waals surface area contributed by atoms with E-state index < -0.39 is 29.6 Å². The van der Waals surface area contributed by atoms with Crippen molar-refractivity contribution in [3.8, 4) is 5.75 Å². The number of ether oxygens (including phenoxy) is 2. The standard InChI is InChI=1S/C30H28N2O7/c33-27(38-24-15-13-23-14-16-28(34)39-26(23)19-24)12-7-17-31-29(35)25(18-21-8-3-1-4-9-21)32-30(36)37-20-22-10-5-2-6-11-22/h1-6,8-11,13-16,19,25H,7,12,17-18,20H2,(H,31,35)(H,32,36)/t25-/m0/s1. The number of hydrogen-bond acceptors (Lipinski definition) is 7. The summed E-state index contributed by atoms with van der Waals surface area (Å²) in [5, 5.41) is 6.11. The molecule has 0 radical (unpaired) electrons. The number of esters is 1. The molecule has 1 heterocycles. The van der Waals surface area contributed by atoms with Crippen molar-refractivity contribution in [1.29, 1.82) is 0 Å². The maximum absolute atomic E-state index is 12.9. The second-order valence-corrected chi connectivity index (χ2v) is 8.77. The summed E-state index contributed by atoms with van der Waals surface area (Å²) in [5.74, 6) is -0.634. The Kier molecular flexibility index (Phi) is 9.44. The molecule has 0 bridgehead atoms. The van der Waals surface area contributed by atoms with Crippen molar-refractivity contribution in [1.82, 2.24) is 10.6 Å². The number of rotatable bonds is 11. The van der Waals surface area contributed by atoms with Gasteiger partial charge in [-0.25, -0.2) is 9.59 Å². The van der Waals surface area contributed by atoms with E-state index >= 15 is 0 Å². The Morgan fingerprint density at radius 2 is 1.54 bits per heavy atom. The summed E-state index contributed by atoms with van der Waals surface area (Å²) < 4.78 is 15.7. The molecule has 0 aliphatic rings. The van der Waals surface area contributed by atoms with E-state index in [0.717, 1.165) is 11.1 Å². The van der Waals surface area contributed by atoms with Crippen molar-refractivity contribution in [2.45, 2.75) is 31.9 Å². The summed E-state index contributed by atoms with van der Waals surface area (Å²) in [6, 6.07) is 25.4. The van der Waals surface area contributed by atoms with E-state index in [4.69, 9.17) is 13.9 Å². The topological polar surface area (TPSA) is 124 Å². The van der Waals surface area contributed by atoms with Crippen LogP contribution in [0.15, 0.2) is 100 Å². The van der Waals surface area contributed by atoms with Crippen molar-refractivity contribution in [2.24, 2.45) is 0 Å². The molecule has 4 aromatic rings. The summed E-state index contributed by atoms with van der Waals surface area (Å²) in [6.07, 6.45) is -0.0612. The highest BCUT2D eigenvalue weighted by molar-refractivity contribution is 5.86. The highest BCUT2D eigenvalue weighted by Crippen LogP contribution is 2.20. The molecule has 1 aromatic heterocycles. The first-order valence-corrected chi connectivity index (χ1v) is 12.5. The number of hydrogen-bond donors (Lipinski definition) is 2. The van der Waals surface area contributed by atoms with Gasteiger partial charge in [0.25, 0.3) is 0 Å². The largest absolute Gasteiger partial charge is 0.445 e. The van der Waals surface area contributed by atoms with Gasteiger partial charge in [0, 0.05) is 36.9 Å². The molecule has 0 unspecified atom stereocenters. The lowest BCUT2D eigenvalue weighted by Crippen LogP contribution is -2.48. The Bertz CT molecular complexity index is 1470. The van der Waals surface area contributed by atoms with Crippen LogP contribution in [-0.4, -0.2) is 30.6 Å². The second-order valence-electron chi connectivity index (χ2n) is 8.77. The van der Waals surface area contributed by atoms with E-state index in [9.17, 15) is 19.2 Å². The molecule has 0 spiro atoms. The molecule has 200 valence electrons. The van der Waals surface area contributed by atoms with Crippen LogP contribution < -0.4 is 21.0 Å². The van der Waals surface area contributed by atoms with Crippen LogP contribution in [0.2, 0.25) is 0 Å². The van der Waals surface area contributed by atoms with Gasteiger partial charge in [0.1, 0.15) is 24.0 Å². The molecule has 39 heavy (non-hydrogen) atoms. The van der Waals surface area contributed by atoms with Crippen LogP contribution in [-0.2, 0) is 27.4 Å². The highest BCUT2D eigenvalue weighted by atomic mass is 16.5. The van der Waals surface area contributed by atoms with Crippen LogP contribution in [0.25, 0.3) is 11.0 Å². The zero-order valence-electron chi connectivity index (χ0n) is 21.1. The summed E-state index contributed by atoms with van der Waals surface area (Å²) in [7, 11) is 0. The van der Waals surface area contributed by atoms with Crippen LogP contribution in [0.1, 0.15) is 24.0 Å². The Morgan fingerprint density at radius 1 is 0.846 bits per heavy atom. The lowest BCUT2D eigenvalue weighted by Gasteiger charge is -2.18. The lowest BCUT2D eigenvalue weighted by atomic mass is 10.1. The molecule has 0 fully saturated rings. The van der Waals surface area contributed by atoms with Gasteiger partial charge < -0.3 is 24.5 Å². The van der Waals surface area contributed by atoms with Gasteiger partial charge in [-0.1, -0.05) is 60.7 Å². The minimum absolute atomic E-state index is 0.0486. The average molecular weight is 529 g/mol. The average Bonchev–Trinajstić information content (AvgIpc) is 2.94. The molecular formula is C30H28N2O7. The normalized spacial score (nSPS) is 11.4. The van der Waals surface area contributed by atoms with Crippen LogP contribution in [0.5, 0.6) is 5.75 Å². The first kappa shape index (κ1) is 27.1. The number of nitrogens with one attached hydrogen (secondary N) is 2. The lowest BCUT2D eigenvalue weighted by molar-refractivity contribution is -0.134. The van der Waals surface area contributed by atoms with E-state index in [2.05, 4.69) is 10.6 Å². The fraction of sp³-hybridized carbons (Fsp3) is 0.200. The summed E-state index contributed by atoms with van der Waals surface area (Å²) in [6.45, 7) is 0.282. The zero-order valence-corrected chi connectivity index (χ0v) is 21.1. The molecule has 9 heteroatoms. The number of carbonyl (C=O) groups excluding carboxylic acids is 3. The van der Waals surface area contributed by atoms with Crippen LogP contribution >= 0.6 is 0 Å². The summed E-state index contributed by atoms with van der Waals surface area (Å²) >= 11 is 0. The Morgan fingerprint density at radius 3 is 2.28 bits per heavy atom. The van der Waals surface area contributed by atoms with Crippen molar-refractivity contribution >= 4 is 28.9 Å². The van der Waals surface area contributed by atoms with Crippen molar-refractivity contribution in [3.05, 3.63) is 113 Å². The fourth-order valence-electron chi connectivity index (χ4n) is 3.82. The maximum Gasteiger partial charge on any atom is 0.408 e. The molecule has 3 aromatic carbocycles. The van der Waals surface area contributed by atoms with Crippen LogP contribution in [0.3, 0.4) is 0 Å². The molecule has 0 aliphatic heterocycles. The summed E-state index contributed by atoms with van der Waals surface area (Å²) in [4.78, 5) is 49.0. The smallest absolute Gasteiger partial charge is 0.408 e. The van der Waals surface area contributed by atoms with Gasteiger partial charge in [0.05, 0.1) is 0 Å². The van der Waals surface area contributed by atoms with Gasteiger partial charge in [-0.15, -0.1) is 0 Å². The first-order valence-electron chi connectivity index (χ1n) is 12.5. The van der Waals surface area contributed by atoms with E-state index in [0.29, 0.717) is 17.4 Å². The molecule has 0 saturated heterocycles. The minimum Gasteiger partial charge on any atom is -0.445 e. The molecule has 1 atom stereocenters. The third kappa shape index (κ3) is 8.57. The van der Waals surface area contributed by atoms with Gasteiger partial charge in [-0.2, -0.15) is 0 Å². The van der Waals surface area contributed by atoms with Gasteiger partial charge in [-0.3, -0.25) is 9.59 Å². The van der Waals surface area contributed by atoms with Crippen molar-refractivity contribution in [2.75, 3.05) is 6.54 Å². The Labute approximate surface area is 224 Å². The molecule has 9 nitrogen and oxygen atoms in total. The van der Waals surface area contributed by atoms with Crippen molar-refractivity contribution in [3.63, 3.8) is 0 Å². The Hall–Kier alpha value is -4.92. The molecule has 2 amide bonds. The quantitative estimate of drug-likeness (QED) is 0.130. The highest BCUT2D eigenvalue weighted by Gasteiger charge is 2.22. The summed E-state index contributed by atoms with van der Waals surface area (Å²) in [5.41, 5.74) is 1.53. The number of carbonyl (C=O) groups is 3. The van der Waals surface area contributed by atoms with E-state index in [1.54, 1.807) is 18.2 Å². The monoisotopic (exact) mass is 528 g/mol. The molecular weight excluding hydrogens is 500 g/mol. The Balaban J connectivity index is 1.26. The molecule has 0 saturated carbocycles. The number of benzene rings is 3. The minimum atomic E-state index is -0.866. The van der Waals surface area contributed by atoms with Gasteiger partial charge in [0.2, 0.25) is 5.91 Å². The predicted octanol–water partition coefficient (Wildman–Crippen LogP) is 4.13. The SMILES string of the molecule is O=C(CCCNC(=O)[C@H](Cc1ccccc1)NC(=O)OCc1ccccc1)Oc1ccc2ccc(=O)oc2c1. The molecule has 2 N–H and O–H groups in total. The molecule has 0 aliphatic carbocycles. The predicted molar refractivity (Wildman–Crippen MR) is 144 cm³/mol. The number of fused-ring (bicyclic) bond motifs is 1. The van der Waals surface area contributed by atoms with Crippen LogP contribution in [0, 0.1) is 0 Å². The number of alkyl carbamates (subject to hydrolysis) is 1. The fourth-order valence-corrected chi connectivity index (χ4v) is 3.82. The number of amides is 2. The second kappa shape index (κ2) is 13.6.